The van der Waals surface area contributed by atoms with E-state index in [2.05, 4.69) is 4.98 Å². The van der Waals surface area contributed by atoms with Crippen LogP contribution in [0.5, 0.6) is 0 Å². The molecule has 15 heavy (non-hydrogen) atoms. The molecule has 1 aromatic carbocycles. The second kappa shape index (κ2) is 3.20. The van der Waals surface area contributed by atoms with Gasteiger partial charge in [0.2, 0.25) is 0 Å². The number of hydrogen-bond donors (Lipinski definition) is 2. The molecular formula is C10H6FNO3. The van der Waals surface area contributed by atoms with Gasteiger partial charge in [-0.15, -0.1) is 0 Å². The van der Waals surface area contributed by atoms with Gasteiger partial charge in [0.15, 0.2) is 6.29 Å². The van der Waals surface area contributed by atoms with Gasteiger partial charge < -0.3 is 10.1 Å². The number of hydrogen-bond acceptors (Lipinski definition) is 2. The number of benzene rings is 1. The molecule has 0 atom stereocenters. The van der Waals surface area contributed by atoms with Gasteiger partial charge in [-0.3, -0.25) is 4.79 Å². The standard InChI is InChI=1S/C10H6FNO3/c11-8-1-6-5(4-13)3-12-9(6)2-7(8)10(14)15/h1-4,12H,(H,14,15). The number of carbonyl (C=O) groups is 2. The molecule has 0 fully saturated rings. The third kappa shape index (κ3) is 1.38. The minimum atomic E-state index is -1.34. The Morgan fingerprint density at radius 1 is 1.47 bits per heavy atom. The molecule has 1 aromatic heterocycles. The van der Waals surface area contributed by atoms with Crippen molar-refractivity contribution in [2.75, 3.05) is 0 Å². The van der Waals surface area contributed by atoms with Crippen molar-refractivity contribution in [3.63, 3.8) is 0 Å². The molecule has 4 nitrogen and oxygen atoms in total. The summed E-state index contributed by atoms with van der Waals surface area (Å²) in [5.41, 5.74) is 0.318. The Labute approximate surface area is 83.3 Å². The molecule has 0 saturated carbocycles. The summed E-state index contributed by atoms with van der Waals surface area (Å²) < 4.78 is 13.3. The van der Waals surface area contributed by atoms with E-state index >= 15 is 0 Å². The van der Waals surface area contributed by atoms with Gasteiger partial charge in [-0.25, -0.2) is 9.18 Å². The van der Waals surface area contributed by atoms with Crippen molar-refractivity contribution in [3.8, 4) is 0 Å². The third-order valence-corrected chi connectivity index (χ3v) is 2.16. The quantitative estimate of drug-likeness (QED) is 0.738. The zero-order valence-corrected chi connectivity index (χ0v) is 7.45. The van der Waals surface area contributed by atoms with Gasteiger partial charge in [-0.2, -0.15) is 0 Å². The van der Waals surface area contributed by atoms with E-state index in [9.17, 15) is 14.0 Å². The van der Waals surface area contributed by atoms with Crippen LogP contribution in [0, 0.1) is 5.82 Å². The van der Waals surface area contributed by atoms with E-state index in [-0.39, 0.29) is 0 Å². The number of aromatic amines is 1. The van der Waals surface area contributed by atoms with Gasteiger partial charge in [0.25, 0.3) is 0 Å². The maximum absolute atomic E-state index is 13.3. The summed E-state index contributed by atoms with van der Waals surface area (Å²) in [6.07, 6.45) is 1.99. The minimum absolute atomic E-state index is 0.306. The topological polar surface area (TPSA) is 70.2 Å². The Kier molecular flexibility index (Phi) is 2.00. The predicted octanol–water partition coefficient (Wildman–Crippen LogP) is 1.82. The molecule has 0 saturated heterocycles. The van der Waals surface area contributed by atoms with Crippen molar-refractivity contribution in [1.82, 2.24) is 4.98 Å². The SMILES string of the molecule is O=Cc1c[nH]c2cc(C(=O)O)c(F)cc12. The lowest BCUT2D eigenvalue weighted by atomic mass is 10.1. The number of carboxylic acid groups (broad SMARTS) is 1. The van der Waals surface area contributed by atoms with Gasteiger partial charge in [0.1, 0.15) is 5.82 Å². The molecule has 2 aromatic rings. The van der Waals surface area contributed by atoms with Crippen LogP contribution in [0.3, 0.4) is 0 Å². The van der Waals surface area contributed by atoms with Crippen LogP contribution in [0.15, 0.2) is 18.3 Å². The molecule has 2 N–H and O–H groups in total. The first-order valence-electron chi connectivity index (χ1n) is 4.12. The van der Waals surface area contributed by atoms with Crippen molar-refractivity contribution in [2.24, 2.45) is 0 Å². The number of nitrogens with one attached hydrogen (secondary N) is 1. The number of aromatic carboxylic acids is 1. The lowest BCUT2D eigenvalue weighted by Crippen LogP contribution is -2.00. The highest BCUT2D eigenvalue weighted by molar-refractivity contribution is 6.00. The van der Waals surface area contributed by atoms with Crippen LogP contribution in [-0.2, 0) is 0 Å². The number of rotatable bonds is 2. The van der Waals surface area contributed by atoms with Crippen LogP contribution < -0.4 is 0 Å². The minimum Gasteiger partial charge on any atom is -0.478 e. The maximum Gasteiger partial charge on any atom is 0.338 e. The molecule has 0 bridgehead atoms. The van der Waals surface area contributed by atoms with Crippen LogP contribution >= 0.6 is 0 Å². The van der Waals surface area contributed by atoms with Crippen molar-refractivity contribution < 1.29 is 19.1 Å². The third-order valence-electron chi connectivity index (χ3n) is 2.16. The van der Waals surface area contributed by atoms with Crippen LogP contribution in [0.25, 0.3) is 10.9 Å². The van der Waals surface area contributed by atoms with E-state index in [0.29, 0.717) is 22.8 Å². The van der Waals surface area contributed by atoms with Gasteiger partial charge in [0, 0.05) is 22.7 Å². The van der Waals surface area contributed by atoms with E-state index < -0.39 is 17.3 Å². The summed E-state index contributed by atoms with van der Waals surface area (Å²) in [6, 6.07) is 2.21. The first-order chi connectivity index (χ1) is 7.13. The van der Waals surface area contributed by atoms with Crippen molar-refractivity contribution in [3.05, 3.63) is 35.3 Å². The molecule has 0 aliphatic carbocycles. The van der Waals surface area contributed by atoms with Crippen LogP contribution in [-0.4, -0.2) is 22.3 Å². The van der Waals surface area contributed by atoms with E-state index in [0.717, 1.165) is 6.07 Å². The summed E-state index contributed by atoms with van der Waals surface area (Å²) in [5.74, 6) is -2.19. The molecule has 1 heterocycles. The maximum atomic E-state index is 13.3. The zero-order valence-electron chi connectivity index (χ0n) is 7.45. The van der Waals surface area contributed by atoms with Crippen LogP contribution in [0.1, 0.15) is 20.7 Å². The Balaban J connectivity index is 2.78. The molecule has 0 spiro atoms. The summed E-state index contributed by atoms with van der Waals surface area (Å²) in [7, 11) is 0. The average Bonchev–Trinajstić information content (AvgIpc) is 2.58. The first-order valence-corrected chi connectivity index (χ1v) is 4.12. The lowest BCUT2D eigenvalue weighted by Gasteiger charge is -1.97. The number of halogens is 1. The monoisotopic (exact) mass is 207 g/mol. The predicted molar refractivity (Wildman–Crippen MR) is 50.6 cm³/mol. The van der Waals surface area contributed by atoms with Crippen LogP contribution in [0.4, 0.5) is 4.39 Å². The molecule has 76 valence electrons. The fourth-order valence-corrected chi connectivity index (χ4v) is 1.43. The smallest absolute Gasteiger partial charge is 0.338 e. The number of fused-ring (bicyclic) bond motifs is 1. The van der Waals surface area contributed by atoms with Gasteiger partial charge in [0.05, 0.1) is 5.56 Å². The zero-order chi connectivity index (χ0) is 11.0. The summed E-state index contributed by atoms with van der Waals surface area (Å²) in [4.78, 5) is 23.9. The molecule has 5 heteroatoms. The Hall–Kier alpha value is -2.17. The first kappa shape index (κ1) is 9.39. The molecule has 0 aliphatic rings. The Bertz CT molecular complexity index is 559. The molecular weight excluding hydrogens is 201 g/mol. The normalized spacial score (nSPS) is 10.5. The number of aromatic nitrogens is 1. The number of H-pyrrole nitrogens is 1. The Morgan fingerprint density at radius 2 is 2.20 bits per heavy atom. The van der Waals surface area contributed by atoms with E-state index in [4.69, 9.17) is 5.11 Å². The van der Waals surface area contributed by atoms with Crippen molar-refractivity contribution in [1.29, 1.82) is 0 Å². The molecule has 0 radical (unpaired) electrons. The largest absolute Gasteiger partial charge is 0.478 e. The fraction of sp³-hybridized carbons (Fsp3) is 0. The summed E-state index contributed by atoms with van der Waals surface area (Å²) in [6.45, 7) is 0. The Morgan fingerprint density at radius 3 is 2.80 bits per heavy atom. The van der Waals surface area contributed by atoms with Crippen LogP contribution in [0.2, 0.25) is 0 Å². The van der Waals surface area contributed by atoms with Gasteiger partial charge in [-0.1, -0.05) is 0 Å². The molecule has 0 unspecified atom stereocenters. The highest BCUT2D eigenvalue weighted by atomic mass is 19.1. The summed E-state index contributed by atoms with van der Waals surface area (Å²) in [5, 5.41) is 9.05. The van der Waals surface area contributed by atoms with Gasteiger partial charge >= 0.3 is 5.97 Å². The van der Waals surface area contributed by atoms with E-state index in [1.54, 1.807) is 0 Å². The number of carboxylic acids is 1. The lowest BCUT2D eigenvalue weighted by molar-refractivity contribution is 0.0692. The fourth-order valence-electron chi connectivity index (χ4n) is 1.43. The molecule has 0 aliphatic heterocycles. The second-order valence-corrected chi connectivity index (χ2v) is 3.04. The van der Waals surface area contributed by atoms with E-state index in [1.165, 1.54) is 12.3 Å². The average molecular weight is 207 g/mol. The molecule has 0 amide bonds. The molecule has 2 rings (SSSR count). The number of aldehydes is 1. The van der Waals surface area contributed by atoms with Crippen molar-refractivity contribution >= 4 is 23.2 Å². The number of carbonyl (C=O) groups excluding carboxylic acids is 1. The highest BCUT2D eigenvalue weighted by Crippen LogP contribution is 2.21. The van der Waals surface area contributed by atoms with E-state index in [1.807, 2.05) is 0 Å². The van der Waals surface area contributed by atoms with Gasteiger partial charge in [-0.05, 0) is 12.1 Å². The summed E-state index contributed by atoms with van der Waals surface area (Å²) >= 11 is 0. The highest BCUT2D eigenvalue weighted by Gasteiger charge is 2.13. The second-order valence-electron chi connectivity index (χ2n) is 3.04. The van der Waals surface area contributed by atoms with Crippen molar-refractivity contribution in [2.45, 2.75) is 0 Å².